The van der Waals surface area contributed by atoms with Gasteiger partial charge in [-0.05, 0) is 42.7 Å². The van der Waals surface area contributed by atoms with Crippen molar-refractivity contribution in [2.75, 3.05) is 18.4 Å². The summed E-state index contributed by atoms with van der Waals surface area (Å²) in [4.78, 5) is 55.0. The molecule has 4 amide bonds. The van der Waals surface area contributed by atoms with Crippen LogP contribution >= 0.6 is 11.8 Å². The lowest BCUT2D eigenvalue weighted by Crippen LogP contribution is -2.42. The molecule has 10 heteroatoms. The molecule has 2 aliphatic rings. The molecule has 0 spiro atoms. The molecule has 3 N–H and O–H groups in total. The highest BCUT2D eigenvalue weighted by Crippen LogP contribution is 2.29. The molecule has 0 radical (unpaired) electrons. The summed E-state index contributed by atoms with van der Waals surface area (Å²) < 4.78 is 0. The SMILES string of the molecule is O=C(Cc1ccccc1)NNC(=O)c1ccc(NC(=O)CC2SC(N3CCCC3)=NC2=O)cc1. The predicted molar refractivity (Wildman–Crippen MR) is 130 cm³/mol. The largest absolute Gasteiger partial charge is 0.351 e. The van der Waals surface area contributed by atoms with Crippen LogP contribution in [0, 0.1) is 0 Å². The lowest BCUT2D eigenvalue weighted by Gasteiger charge is -2.16. The highest BCUT2D eigenvalue weighted by molar-refractivity contribution is 8.15. The number of hydrogen-bond donors (Lipinski definition) is 3. The van der Waals surface area contributed by atoms with E-state index < -0.39 is 11.2 Å². The molecule has 34 heavy (non-hydrogen) atoms. The Labute approximate surface area is 201 Å². The van der Waals surface area contributed by atoms with E-state index in [-0.39, 0.29) is 30.6 Å². The minimum atomic E-state index is -0.514. The number of nitrogens with one attached hydrogen (secondary N) is 3. The quantitative estimate of drug-likeness (QED) is 0.546. The fourth-order valence-electron chi connectivity index (χ4n) is 3.66. The molecular weight excluding hydrogens is 454 g/mol. The van der Waals surface area contributed by atoms with E-state index in [2.05, 4.69) is 26.1 Å². The molecule has 1 fully saturated rings. The second kappa shape index (κ2) is 11.0. The van der Waals surface area contributed by atoms with E-state index in [0.717, 1.165) is 31.5 Å². The van der Waals surface area contributed by atoms with E-state index in [1.54, 1.807) is 24.3 Å². The van der Waals surface area contributed by atoms with Crippen LogP contribution in [0.25, 0.3) is 0 Å². The normalized spacial score (nSPS) is 17.3. The fourth-order valence-corrected chi connectivity index (χ4v) is 4.78. The number of benzene rings is 2. The van der Waals surface area contributed by atoms with Gasteiger partial charge in [-0.15, -0.1) is 0 Å². The summed E-state index contributed by atoms with van der Waals surface area (Å²) in [5.74, 6) is -1.38. The Balaban J connectivity index is 1.21. The number of anilines is 1. The molecule has 1 atom stereocenters. The number of amides is 4. The Morgan fingerprint density at radius 2 is 1.65 bits per heavy atom. The standard InChI is InChI=1S/C24H25N5O4S/c30-20(15-19-23(33)26-24(34-19)29-12-4-5-13-29)25-18-10-8-17(9-11-18)22(32)28-27-21(31)14-16-6-2-1-3-7-16/h1-3,6-11,19H,4-5,12-15H2,(H,25,30)(H,27,31)(H,28,32). The zero-order valence-corrected chi connectivity index (χ0v) is 19.3. The van der Waals surface area contributed by atoms with Crippen molar-refractivity contribution >= 4 is 46.2 Å². The topological polar surface area (TPSA) is 120 Å². The van der Waals surface area contributed by atoms with Crippen LogP contribution in [0.2, 0.25) is 0 Å². The first-order chi connectivity index (χ1) is 16.5. The summed E-state index contributed by atoms with van der Waals surface area (Å²) in [6.07, 6.45) is 2.36. The number of thioether (sulfide) groups is 1. The molecule has 176 valence electrons. The van der Waals surface area contributed by atoms with Crippen molar-refractivity contribution in [3.05, 3.63) is 65.7 Å². The third kappa shape index (κ3) is 6.22. The highest BCUT2D eigenvalue weighted by Gasteiger charge is 2.33. The summed E-state index contributed by atoms with van der Waals surface area (Å²) in [5.41, 5.74) is 6.43. The number of hydrazine groups is 1. The van der Waals surface area contributed by atoms with E-state index in [0.29, 0.717) is 16.4 Å². The van der Waals surface area contributed by atoms with Crippen molar-refractivity contribution in [3.8, 4) is 0 Å². The Kier molecular flexibility index (Phi) is 7.58. The molecule has 2 heterocycles. The van der Waals surface area contributed by atoms with Crippen LogP contribution in [0.3, 0.4) is 0 Å². The Morgan fingerprint density at radius 1 is 0.941 bits per heavy atom. The lowest BCUT2D eigenvalue weighted by molar-refractivity contribution is -0.121. The van der Waals surface area contributed by atoms with Gasteiger partial charge < -0.3 is 10.2 Å². The Morgan fingerprint density at radius 3 is 2.35 bits per heavy atom. The van der Waals surface area contributed by atoms with Crippen LogP contribution in [-0.4, -0.2) is 52.0 Å². The Hall–Kier alpha value is -3.66. The molecule has 2 aromatic carbocycles. The Bertz CT molecular complexity index is 1100. The van der Waals surface area contributed by atoms with Crippen LogP contribution in [0.5, 0.6) is 0 Å². The average molecular weight is 480 g/mol. The van der Waals surface area contributed by atoms with Crippen LogP contribution in [0.1, 0.15) is 35.2 Å². The second-order valence-electron chi connectivity index (χ2n) is 8.03. The van der Waals surface area contributed by atoms with Gasteiger partial charge in [-0.25, -0.2) is 0 Å². The van der Waals surface area contributed by atoms with Gasteiger partial charge in [-0.2, -0.15) is 4.99 Å². The maximum atomic E-state index is 12.4. The van der Waals surface area contributed by atoms with Crippen LogP contribution < -0.4 is 16.2 Å². The van der Waals surface area contributed by atoms with Gasteiger partial charge in [0.2, 0.25) is 11.8 Å². The summed E-state index contributed by atoms with van der Waals surface area (Å²) >= 11 is 1.35. The van der Waals surface area contributed by atoms with Crippen molar-refractivity contribution < 1.29 is 19.2 Å². The van der Waals surface area contributed by atoms with Gasteiger partial charge >= 0.3 is 0 Å². The van der Waals surface area contributed by atoms with Crippen molar-refractivity contribution in [1.82, 2.24) is 15.8 Å². The minimum absolute atomic E-state index is 0.0278. The van der Waals surface area contributed by atoms with Crippen molar-refractivity contribution in [2.24, 2.45) is 4.99 Å². The van der Waals surface area contributed by atoms with E-state index in [9.17, 15) is 19.2 Å². The number of aliphatic imine (C=N–C) groups is 1. The number of carbonyl (C=O) groups is 4. The average Bonchev–Trinajstić information content (AvgIpc) is 3.49. The highest BCUT2D eigenvalue weighted by atomic mass is 32.2. The molecule has 1 saturated heterocycles. The molecule has 1 unspecified atom stereocenters. The molecule has 0 aliphatic carbocycles. The van der Waals surface area contributed by atoms with Gasteiger partial charge in [-0.3, -0.25) is 30.0 Å². The van der Waals surface area contributed by atoms with Gasteiger partial charge in [-0.1, -0.05) is 42.1 Å². The number of carbonyl (C=O) groups excluding carboxylic acids is 4. The smallest absolute Gasteiger partial charge is 0.269 e. The first-order valence-corrected chi connectivity index (χ1v) is 11.9. The van der Waals surface area contributed by atoms with Crippen molar-refractivity contribution in [2.45, 2.75) is 30.9 Å². The number of amidine groups is 1. The molecule has 0 aromatic heterocycles. The second-order valence-corrected chi connectivity index (χ2v) is 9.20. The van der Waals surface area contributed by atoms with Crippen LogP contribution in [0.4, 0.5) is 5.69 Å². The zero-order valence-electron chi connectivity index (χ0n) is 18.5. The van der Waals surface area contributed by atoms with E-state index in [1.165, 1.54) is 11.8 Å². The summed E-state index contributed by atoms with van der Waals surface area (Å²) in [6.45, 7) is 1.79. The number of nitrogens with zero attached hydrogens (tertiary/aromatic N) is 2. The van der Waals surface area contributed by atoms with Crippen LogP contribution in [0.15, 0.2) is 59.6 Å². The maximum Gasteiger partial charge on any atom is 0.269 e. The molecule has 4 rings (SSSR count). The minimum Gasteiger partial charge on any atom is -0.351 e. The molecule has 9 nitrogen and oxygen atoms in total. The summed E-state index contributed by atoms with van der Waals surface area (Å²) in [5, 5.41) is 2.95. The number of rotatable bonds is 6. The van der Waals surface area contributed by atoms with Gasteiger partial charge in [0.25, 0.3) is 11.8 Å². The molecule has 0 saturated carbocycles. The maximum absolute atomic E-state index is 12.4. The van der Waals surface area contributed by atoms with Gasteiger partial charge in [0, 0.05) is 30.8 Å². The van der Waals surface area contributed by atoms with Gasteiger partial charge in [0.1, 0.15) is 5.25 Å². The monoisotopic (exact) mass is 479 g/mol. The third-order valence-electron chi connectivity index (χ3n) is 5.43. The number of hydrogen-bond acceptors (Lipinski definition) is 6. The molecular formula is C24H25N5O4S. The number of likely N-dealkylation sites (tertiary alicyclic amines) is 1. The summed E-state index contributed by atoms with van der Waals surface area (Å²) in [6, 6.07) is 15.5. The lowest BCUT2D eigenvalue weighted by atomic mass is 10.1. The van der Waals surface area contributed by atoms with E-state index >= 15 is 0 Å². The molecule has 0 bridgehead atoms. The third-order valence-corrected chi connectivity index (χ3v) is 6.64. The summed E-state index contributed by atoms with van der Waals surface area (Å²) in [7, 11) is 0. The molecule has 2 aliphatic heterocycles. The van der Waals surface area contributed by atoms with Crippen molar-refractivity contribution in [3.63, 3.8) is 0 Å². The first-order valence-electron chi connectivity index (χ1n) is 11.0. The van der Waals surface area contributed by atoms with E-state index in [1.807, 2.05) is 30.3 Å². The van der Waals surface area contributed by atoms with Gasteiger partial charge in [0.15, 0.2) is 5.17 Å². The van der Waals surface area contributed by atoms with Gasteiger partial charge in [0.05, 0.1) is 6.42 Å². The van der Waals surface area contributed by atoms with Crippen LogP contribution in [-0.2, 0) is 20.8 Å². The first kappa shape index (κ1) is 23.5. The van der Waals surface area contributed by atoms with E-state index in [4.69, 9.17) is 0 Å². The predicted octanol–water partition coefficient (Wildman–Crippen LogP) is 2.11. The van der Waals surface area contributed by atoms with Crippen molar-refractivity contribution in [1.29, 1.82) is 0 Å². The molecule has 2 aromatic rings. The fraction of sp³-hybridized carbons (Fsp3) is 0.292. The zero-order chi connectivity index (χ0) is 23.9.